The highest BCUT2D eigenvalue weighted by atomic mass is 127. The number of benzene rings is 2. The van der Waals surface area contributed by atoms with Gasteiger partial charge in [0, 0.05) is 8.59 Å². The van der Waals surface area contributed by atoms with Crippen molar-refractivity contribution < 1.29 is 18.0 Å². The minimum Gasteiger partial charge on any atom is -0.321 e. The Morgan fingerprint density at radius 2 is 1.81 bits per heavy atom. The summed E-state index contributed by atoms with van der Waals surface area (Å²) in [7, 11) is 0. The van der Waals surface area contributed by atoms with Crippen molar-refractivity contribution in [2.24, 2.45) is 0 Å². The van der Waals surface area contributed by atoms with Crippen LogP contribution in [0.5, 0.6) is 0 Å². The van der Waals surface area contributed by atoms with Crippen LogP contribution in [0.2, 0.25) is 5.02 Å². The summed E-state index contributed by atoms with van der Waals surface area (Å²) in [6.45, 7) is 0. The molecule has 0 radical (unpaired) electrons. The molecule has 0 heterocycles. The summed E-state index contributed by atoms with van der Waals surface area (Å²) in [6, 6.07) is 9.34. The topological polar surface area (TPSA) is 29.1 Å². The van der Waals surface area contributed by atoms with Gasteiger partial charge in [-0.15, -0.1) is 0 Å². The van der Waals surface area contributed by atoms with Crippen LogP contribution in [-0.2, 0) is 6.18 Å². The van der Waals surface area contributed by atoms with E-state index in [9.17, 15) is 18.0 Å². The Bertz CT molecular complexity index is 688. The molecule has 7 heteroatoms. The van der Waals surface area contributed by atoms with Crippen LogP contribution in [0.4, 0.5) is 18.9 Å². The van der Waals surface area contributed by atoms with Crippen molar-refractivity contribution in [3.8, 4) is 0 Å². The molecule has 2 rings (SSSR count). The fraction of sp³-hybridized carbons (Fsp3) is 0.0714. The average molecular weight is 426 g/mol. The highest BCUT2D eigenvalue weighted by Gasteiger charge is 2.34. The monoisotopic (exact) mass is 425 g/mol. The average Bonchev–Trinajstić information content (AvgIpc) is 2.41. The molecule has 1 N–H and O–H groups in total. The highest BCUT2D eigenvalue weighted by molar-refractivity contribution is 14.1. The number of hydrogen-bond acceptors (Lipinski definition) is 1. The lowest BCUT2D eigenvalue weighted by molar-refractivity contribution is -0.137. The number of amides is 1. The van der Waals surface area contributed by atoms with Gasteiger partial charge in [-0.2, -0.15) is 13.2 Å². The molecule has 0 fully saturated rings. The summed E-state index contributed by atoms with van der Waals surface area (Å²) in [4.78, 5) is 12.1. The lowest BCUT2D eigenvalue weighted by Crippen LogP contribution is -2.19. The maximum atomic E-state index is 12.9. The van der Waals surface area contributed by atoms with E-state index in [4.69, 9.17) is 11.6 Å². The summed E-state index contributed by atoms with van der Waals surface area (Å²) in [5, 5.41) is 2.94. The first-order chi connectivity index (χ1) is 9.79. The van der Waals surface area contributed by atoms with Crippen LogP contribution in [0, 0.1) is 3.57 Å². The maximum absolute atomic E-state index is 12.9. The molecule has 0 aliphatic heterocycles. The standard InChI is InChI=1S/C14H8ClF3INO/c15-8-5-6-12(11(19)7-8)20-13(21)9-3-1-2-4-10(9)14(16,17)18/h1-7H,(H,20,21). The van der Waals surface area contributed by atoms with Gasteiger partial charge in [0.25, 0.3) is 5.91 Å². The zero-order chi connectivity index (χ0) is 15.6. The van der Waals surface area contributed by atoms with E-state index in [0.717, 1.165) is 12.1 Å². The normalized spacial score (nSPS) is 11.3. The fourth-order valence-electron chi connectivity index (χ4n) is 1.71. The summed E-state index contributed by atoms with van der Waals surface area (Å²) in [6.07, 6.45) is -4.58. The molecule has 0 bridgehead atoms. The van der Waals surface area contributed by atoms with Crippen molar-refractivity contribution in [2.45, 2.75) is 6.18 Å². The first kappa shape index (κ1) is 16.1. The van der Waals surface area contributed by atoms with E-state index in [2.05, 4.69) is 5.32 Å². The Kier molecular flexibility index (Phi) is 4.77. The number of nitrogens with one attached hydrogen (secondary N) is 1. The van der Waals surface area contributed by atoms with Crippen LogP contribution >= 0.6 is 34.2 Å². The van der Waals surface area contributed by atoms with Gasteiger partial charge < -0.3 is 5.32 Å². The number of anilines is 1. The first-order valence-electron chi connectivity index (χ1n) is 5.71. The molecule has 0 atom stereocenters. The zero-order valence-electron chi connectivity index (χ0n) is 10.3. The predicted octanol–water partition coefficient (Wildman–Crippen LogP) is 5.22. The molecule has 21 heavy (non-hydrogen) atoms. The van der Waals surface area contributed by atoms with Crippen molar-refractivity contribution in [1.82, 2.24) is 0 Å². The second-order valence-electron chi connectivity index (χ2n) is 4.12. The largest absolute Gasteiger partial charge is 0.417 e. The number of carbonyl (C=O) groups excluding carboxylic acids is 1. The van der Waals surface area contributed by atoms with Gasteiger partial charge in [0.1, 0.15) is 0 Å². The molecule has 2 aromatic carbocycles. The third-order valence-corrected chi connectivity index (χ3v) is 3.78. The Balaban J connectivity index is 2.33. The molecule has 0 saturated heterocycles. The lowest BCUT2D eigenvalue weighted by Gasteiger charge is -2.13. The third kappa shape index (κ3) is 3.88. The molecule has 1 amide bonds. The number of hydrogen-bond donors (Lipinski definition) is 1. The molecule has 0 unspecified atom stereocenters. The quantitative estimate of drug-likeness (QED) is 0.657. The van der Waals surface area contributed by atoms with E-state index < -0.39 is 23.2 Å². The van der Waals surface area contributed by atoms with Gasteiger partial charge in [0.15, 0.2) is 0 Å². The maximum Gasteiger partial charge on any atom is 0.417 e. The minimum atomic E-state index is -4.58. The number of rotatable bonds is 2. The van der Waals surface area contributed by atoms with E-state index in [1.54, 1.807) is 12.1 Å². The number of carbonyl (C=O) groups is 1. The van der Waals surface area contributed by atoms with Crippen LogP contribution in [0.1, 0.15) is 15.9 Å². The second kappa shape index (κ2) is 6.23. The van der Waals surface area contributed by atoms with Gasteiger partial charge in [-0.1, -0.05) is 23.7 Å². The predicted molar refractivity (Wildman–Crippen MR) is 83.6 cm³/mol. The zero-order valence-corrected chi connectivity index (χ0v) is 13.3. The molecule has 0 aliphatic carbocycles. The van der Waals surface area contributed by atoms with E-state index in [1.807, 2.05) is 22.6 Å². The number of halogens is 5. The molecule has 110 valence electrons. The lowest BCUT2D eigenvalue weighted by atomic mass is 10.1. The Morgan fingerprint density at radius 3 is 2.43 bits per heavy atom. The molecular weight excluding hydrogens is 418 g/mol. The third-order valence-electron chi connectivity index (χ3n) is 2.66. The van der Waals surface area contributed by atoms with Crippen LogP contribution in [0.15, 0.2) is 42.5 Å². The van der Waals surface area contributed by atoms with Crippen molar-refractivity contribution >= 4 is 45.8 Å². The van der Waals surface area contributed by atoms with Gasteiger partial charge in [-0.3, -0.25) is 4.79 Å². The Morgan fingerprint density at radius 1 is 1.14 bits per heavy atom. The molecule has 0 aromatic heterocycles. The van der Waals surface area contributed by atoms with Crippen LogP contribution in [0.25, 0.3) is 0 Å². The Hall–Kier alpha value is -1.28. The molecular formula is C14H8ClF3INO. The molecule has 0 spiro atoms. The first-order valence-corrected chi connectivity index (χ1v) is 7.17. The van der Waals surface area contributed by atoms with Crippen molar-refractivity contribution in [3.05, 3.63) is 62.2 Å². The van der Waals surface area contributed by atoms with Gasteiger partial charge in [-0.05, 0) is 52.9 Å². The molecule has 0 saturated carbocycles. The van der Waals surface area contributed by atoms with E-state index in [1.165, 1.54) is 18.2 Å². The summed E-state index contributed by atoms with van der Waals surface area (Å²) in [5.41, 5.74) is -0.982. The Labute approximate surface area is 137 Å². The van der Waals surface area contributed by atoms with Crippen LogP contribution in [-0.4, -0.2) is 5.91 Å². The van der Waals surface area contributed by atoms with Crippen molar-refractivity contribution in [2.75, 3.05) is 5.32 Å². The van der Waals surface area contributed by atoms with Crippen LogP contribution in [0.3, 0.4) is 0 Å². The van der Waals surface area contributed by atoms with Crippen molar-refractivity contribution in [3.63, 3.8) is 0 Å². The van der Waals surface area contributed by atoms with Gasteiger partial charge >= 0.3 is 6.18 Å². The summed E-state index contributed by atoms with van der Waals surface area (Å²) >= 11 is 7.73. The van der Waals surface area contributed by atoms with Gasteiger partial charge in [-0.25, -0.2) is 0 Å². The van der Waals surface area contributed by atoms with Crippen molar-refractivity contribution in [1.29, 1.82) is 0 Å². The molecule has 2 nitrogen and oxygen atoms in total. The minimum absolute atomic E-state index is 0.405. The second-order valence-corrected chi connectivity index (χ2v) is 5.72. The van der Waals surface area contributed by atoms with Crippen LogP contribution < -0.4 is 5.32 Å². The highest BCUT2D eigenvalue weighted by Crippen LogP contribution is 2.32. The van der Waals surface area contributed by atoms with E-state index in [-0.39, 0.29) is 0 Å². The summed E-state index contributed by atoms with van der Waals surface area (Å²) < 4.78 is 39.3. The van der Waals surface area contributed by atoms with E-state index in [0.29, 0.717) is 14.3 Å². The smallest absolute Gasteiger partial charge is 0.321 e. The summed E-state index contributed by atoms with van der Waals surface area (Å²) in [5.74, 6) is -0.817. The van der Waals surface area contributed by atoms with Gasteiger partial charge in [0.2, 0.25) is 0 Å². The molecule has 0 aliphatic rings. The molecule has 2 aromatic rings. The van der Waals surface area contributed by atoms with Gasteiger partial charge in [0.05, 0.1) is 16.8 Å². The SMILES string of the molecule is O=C(Nc1ccc(Cl)cc1I)c1ccccc1C(F)(F)F. The fourth-order valence-corrected chi connectivity index (χ4v) is 2.72. The van der Waals surface area contributed by atoms with E-state index >= 15 is 0 Å². The number of alkyl halides is 3.